The smallest absolute Gasteiger partial charge is 0.147 e. The van der Waals surface area contributed by atoms with E-state index in [4.69, 9.17) is 27.9 Å². The van der Waals surface area contributed by atoms with Crippen molar-refractivity contribution in [2.24, 2.45) is 0 Å². The number of nitrogens with zero attached hydrogens (tertiary/aromatic N) is 1. The lowest BCUT2D eigenvalue weighted by atomic mass is 10.4. The lowest BCUT2D eigenvalue weighted by Gasteiger charge is -2.04. The summed E-state index contributed by atoms with van der Waals surface area (Å²) in [5, 5.41) is 0.736. The molecule has 1 heterocycles. The van der Waals surface area contributed by atoms with Crippen molar-refractivity contribution >= 4 is 23.2 Å². The van der Waals surface area contributed by atoms with Gasteiger partial charge in [-0.25, -0.2) is 4.98 Å². The van der Waals surface area contributed by atoms with E-state index in [2.05, 4.69) is 11.9 Å². The van der Waals surface area contributed by atoms with E-state index in [0.29, 0.717) is 22.5 Å². The molecule has 0 spiro atoms. The molecule has 0 aromatic carbocycles. The van der Waals surface area contributed by atoms with Gasteiger partial charge in [0, 0.05) is 6.07 Å². The second kappa shape index (κ2) is 5.30. The molecule has 0 radical (unpaired) electrons. The van der Waals surface area contributed by atoms with E-state index in [-0.39, 0.29) is 0 Å². The number of rotatable bonds is 4. The van der Waals surface area contributed by atoms with Gasteiger partial charge in [-0.15, -0.1) is 0 Å². The molecule has 0 saturated heterocycles. The first kappa shape index (κ1) is 10.6. The Morgan fingerprint density at radius 1 is 1.46 bits per heavy atom. The van der Waals surface area contributed by atoms with Crippen LogP contribution in [-0.4, -0.2) is 11.6 Å². The number of halogens is 2. The normalized spacial score (nSPS) is 10.1. The average Bonchev–Trinajstić information content (AvgIpc) is 2.12. The minimum absolute atomic E-state index is 0.310. The Bertz CT molecular complexity index is 278. The van der Waals surface area contributed by atoms with Gasteiger partial charge in [0.05, 0.1) is 17.8 Å². The molecule has 1 rings (SSSR count). The van der Waals surface area contributed by atoms with Gasteiger partial charge in [0.1, 0.15) is 10.9 Å². The molecule has 4 heteroatoms. The summed E-state index contributed by atoms with van der Waals surface area (Å²) in [6, 6.07) is 1.67. The van der Waals surface area contributed by atoms with Gasteiger partial charge in [-0.1, -0.05) is 36.5 Å². The van der Waals surface area contributed by atoms with Gasteiger partial charge in [0.25, 0.3) is 0 Å². The van der Waals surface area contributed by atoms with Crippen LogP contribution in [0.25, 0.3) is 0 Å². The van der Waals surface area contributed by atoms with E-state index in [0.717, 1.165) is 12.8 Å². The molecule has 0 aliphatic carbocycles. The van der Waals surface area contributed by atoms with Crippen molar-refractivity contribution in [3.8, 4) is 5.75 Å². The zero-order chi connectivity index (χ0) is 9.68. The van der Waals surface area contributed by atoms with Gasteiger partial charge in [-0.2, -0.15) is 0 Å². The highest BCUT2D eigenvalue weighted by molar-refractivity contribution is 6.41. The number of ether oxygens (including phenoxy) is 1. The molecular weight excluding hydrogens is 209 g/mol. The standard InChI is InChI=1S/C9H11Cl2NO/c1-2-3-4-13-7-5-8(10)9(11)12-6-7/h5-6H,2-4H2,1H3. The average molecular weight is 220 g/mol. The predicted molar refractivity (Wildman–Crippen MR) is 54.7 cm³/mol. The maximum absolute atomic E-state index is 5.75. The quantitative estimate of drug-likeness (QED) is 0.571. The summed E-state index contributed by atoms with van der Waals surface area (Å²) < 4.78 is 5.38. The number of aromatic nitrogens is 1. The summed E-state index contributed by atoms with van der Waals surface area (Å²) in [7, 11) is 0. The van der Waals surface area contributed by atoms with Crippen LogP contribution in [-0.2, 0) is 0 Å². The zero-order valence-corrected chi connectivity index (χ0v) is 8.90. The number of unbranched alkanes of at least 4 members (excludes halogenated alkanes) is 1. The molecule has 0 saturated carbocycles. The van der Waals surface area contributed by atoms with E-state index >= 15 is 0 Å². The molecule has 1 aromatic heterocycles. The second-order valence-electron chi connectivity index (χ2n) is 2.65. The van der Waals surface area contributed by atoms with Crippen LogP contribution in [0.15, 0.2) is 12.3 Å². The summed E-state index contributed by atoms with van der Waals surface area (Å²) in [6.07, 6.45) is 3.71. The lowest BCUT2D eigenvalue weighted by Crippen LogP contribution is -1.96. The lowest BCUT2D eigenvalue weighted by molar-refractivity contribution is 0.308. The van der Waals surface area contributed by atoms with Crippen LogP contribution in [0, 0.1) is 0 Å². The van der Waals surface area contributed by atoms with E-state index < -0.39 is 0 Å². The Labute approximate surface area is 87.8 Å². The number of pyridine rings is 1. The van der Waals surface area contributed by atoms with Gasteiger partial charge in [0.2, 0.25) is 0 Å². The molecule has 2 nitrogen and oxygen atoms in total. The molecule has 0 amide bonds. The van der Waals surface area contributed by atoms with E-state index in [9.17, 15) is 0 Å². The highest BCUT2D eigenvalue weighted by Crippen LogP contribution is 2.23. The van der Waals surface area contributed by atoms with Gasteiger partial charge in [0.15, 0.2) is 0 Å². The van der Waals surface area contributed by atoms with Crippen LogP contribution in [0.5, 0.6) is 5.75 Å². The molecule has 1 aromatic rings. The van der Waals surface area contributed by atoms with Crippen molar-refractivity contribution < 1.29 is 4.74 Å². The molecule has 0 bridgehead atoms. The fraction of sp³-hybridized carbons (Fsp3) is 0.444. The second-order valence-corrected chi connectivity index (χ2v) is 3.41. The Morgan fingerprint density at radius 2 is 2.23 bits per heavy atom. The van der Waals surface area contributed by atoms with Crippen molar-refractivity contribution in [1.29, 1.82) is 0 Å². The maximum Gasteiger partial charge on any atom is 0.147 e. The first-order valence-electron chi connectivity index (χ1n) is 4.18. The van der Waals surface area contributed by atoms with Gasteiger partial charge >= 0.3 is 0 Å². The monoisotopic (exact) mass is 219 g/mol. The Hall–Kier alpha value is -0.470. The molecule has 0 aliphatic heterocycles. The Kier molecular flexibility index (Phi) is 4.33. The Morgan fingerprint density at radius 3 is 2.85 bits per heavy atom. The SMILES string of the molecule is CCCCOc1cnc(Cl)c(Cl)c1. The summed E-state index contributed by atoms with van der Waals surface area (Å²) in [5.41, 5.74) is 0. The van der Waals surface area contributed by atoms with Crippen LogP contribution in [0.4, 0.5) is 0 Å². The molecule has 13 heavy (non-hydrogen) atoms. The highest BCUT2D eigenvalue weighted by atomic mass is 35.5. The van der Waals surface area contributed by atoms with E-state index in [1.807, 2.05) is 0 Å². The van der Waals surface area contributed by atoms with Crippen molar-refractivity contribution in [3.05, 3.63) is 22.4 Å². The maximum atomic E-state index is 5.75. The van der Waals surface area contributed by atoms with Crippen molar-refractivity contribution in [3.63, 3.8) is 0 Å². The molecule has 72 valence electrons. The summed E-state index contributed by atoms with van der Waals surface area (Å²) in [6.45, 7) is 2.80. The van der Waals surface area contributed by atoms with Crippen molar-refractivity contribution in [2.75, 3.05) is 6.61 Å². The van der Waals surface area contributed by atoms with E-state index in [1.54, 1.807) is 12.3 Å². The molecule has 0 unspecified atom stereocenters. The number of hydrogen-bond acceptors (Lipinski definition) is 2. The molecular formula is C9H11Cl2NO. The molecule has 0 fully saturated rings. The fourth-order valence-electron chi connectivity index (χ4n) is 0.817. The fourth-order valence-corrected chi connectivity index (χ4v) is 1.08. The van der Waals surface area contributed by atoms with Crippen LogP contribution >= 0.6 is 23.2 Å². The van der Waals surface area contributed by atoms with Crippen LogP contribution in [0.2, 0.25) is 10.2 Å². The van der Waals surface area contributed by atoms with Crippen molar-refractivity contribution in [2.45, 2.75) is 19.8 Å². The Balaban J connectivity index is 2.53. The van der Waals surface area contributed by atoms with E-state index in [1.165, 1.54) is 0 Å². The molecule has 0 atom stereocenters. The van der Waals surface area contributed by atoms with Gasteiger partial charge in [-0.05, 0) is 6.42 Å². The summed E-state index contributed by atoms with van der Waals surface area (Å²) >= 11 is 11.4. The highest BCUT2D eigenvalue weighted by Gasteiger charge is 2.00. The van der Waals surface area contributed by atoms with Gasteiger partial charge in [-0.3, -0.25) is 0 Å². The van der Waals surface area contributed by atoms with Crippen LogP contribution in [0.3, 0.4) is 0 Å². The molecule has 0 N–H and O–H groups in total. The van der Waals surface area contributed by atoms with Crippen LogP contribution in [0.1, 0.15) is 19.8 Å². The largest absolute Gasteiger partial charge is 0.492 e. The third-order valence-corrected chi connectivity index (χ3v) is 2.22. The summed E-state index contributed by atoms with van der Waals surface area (Å²) in [5.74, 6) is 0.669. The first-order chi connectivity index (χ1) is 6.24. The minimum Gasteiger partial charge on any atom is -0.492 e. The predicted octanol–water partition coefficient (Wildman–Crippen LogP) is 3.57. The van der Waals surface area contributed by atoms with Gasteiger partial charge < -0.3 is 4.74 Å². The first-order valence-corrected chi connectivity index (χ1v) is 4.93. The number of hydrogen-bond donors (Lipinski definition) is 0. The summed E-state index contributed by atoms with van der Waals surface area (Å²) in [4.78, 5) is 3.87. The molecule has 0 aliphatic rings. The zero-order valence-electron chi connectivity index (χ0n) is 7.39. The third kappa shape index (κ3) is 3.41. The van der Waals surface area contributed by atoms with Crippen LogP contribution < -0.4 is 4.74 Å². The van der Waals surface area contributed by atoms with Crippen molar-refractivity contribution in [1.82, 2.24) is 4.98 Å². The third-order valence-electron chi connectivity index (χ3n) is 1.54. The topological polar surface area (TPSA) is 22.1 Å². The minimum atomic E-state index is 0.310.